The first-order valence-electron chi connectivity index (χ1n) is 9.98. The average molecular weight is 405 g/mol. The molecule has 0 saturated carbocycles. The summed E-state index contributed by atoms with van der Waals surface area (Å²) in [4.78, 5) is 21.5. The molecule has 0 saturated heterocycles. The van der Waals surface area contributed by atoms with Crippen molar-refractivity contribution in [1.82, 2.24) is 9.97 Å². The molecule has 5 nitrogen and oxygen atoms in total. The molecule has 0 radical (unpaired) electrons. The molecular weight excluding hydrogens is 386 g/mol. The Morgan fingerprint density at radius 2 is 1.65 bits per heavy atom. The highest BCUT2D eigenvalue weighted by Crippen LogP contribution is 2.19. The van der Waals surface area contributed by atoms with Crippen LogP contribution in [0.2, 0.25) is 0 Å². The molecule has 0 fully saturated rings. The molecule has 0 bridgehead atoms. The Balaban J connectivity index is 1.23. The van der Waals surface area contributed by atoms with Gasteiger partial charge in [0.05, 0.1) is 16.7 Å². The van der Waals surface area contributed by atoms with E-state index in [1.165, 1.54) is 0 Å². The Bertz CT molecular complexity index is 1380. The Hall–Kier alpha value is -4.25. The lowest BCUT2D eigenvalue weighted by Gasteiger charge is -2.09. The van der Waals surface area contributed by atoms with Crippen LogP contribution in [0.5, 0.6) is 5.75 Å². The second kappa shape index (κ2) is 8.24. The van der Waals surface area contributed by atoms with E-state index in [4.69, 9.17) is 4.74 Å². The van der Waals surface area contributed by atoms with Gasteiger partial charge in [0.2, 0.25) is 0 Å². The molecule has 3 aromatic carbocycles. The van der Waals surface area contributed by atoms with E-state index in [0.717, 1.165) is 33.2 Å². The van der Waals surface area contributed by atoms with Gasteiger partial charge in [0.1, 0.15) is 12.4 Å². The average Bonchev–Trinajstić information content (AvgIpc) is 2.83. The van der Waals surface area contributed by atoms with Gasteiger partial charge in [-0.2, -0.15) is 0 Å². The lowest BCUT2D eigenvalue weighted by molar-refractivity contribution is 0.102. The highest BCUT2D eigenvalue weighted by atomic mass is 16.5. The van der Waals surface area contributed by atoms with Crippen molar-refractivity contribution in [3.63, 3.8) is 0 Å². The largest absolute Gasteiger partial charge is 0.487 e. The van der Waals surface area contributed by atoms with Crippen LogP contribution in [0.15, 0.2) is 97.2 Å². The maximum Gasteiger partial charge on any atom is 0.255 e. The first kappa shape index (κ1) is 18.8. The number of carbonyl (C=O) groups is 1. The van der Waals surface area contributed by atoms with Gasteiger partial charge in [0, 0.05) is 28.2 Å². The number of ether oxygens (including phenoxy) is 1. The van der Waals surface area contributed by atoms with E-state index in [9.17, 15) is 4.79 Å². The molecule has 5 aromatic rings. The number of anilines is 1. The van der Waals surface area contributed by atoms with E-state index in [1.54, 1.807) is 30.5 Å². The summed E-state index contributed by atoms with van der Waals surface area (Å²) in [5.74, 6) is 0.509. The number of carbonyl (C=O) groups excluding carboxylic acids is 1. The maximum atomic E-state index is 12.6. The second-order valence-corrected chi connectivity index (χ2v) is 7.17. The summed E-state index contributed by atoms with van der Waals surface area (Å²) in [5.41, 5.74) is 3.98. The molecule has 31 heavy (non-hydrogen) atoms. The lowest BCUT2D eigenvalue weighted by atomic mass is 10.1. The van der Waals surface area contributed by atoms with Gasteiger partial charge in [0.25, 0.3) is 5.91 Å². The number of rotatable bonds is 5. The minimum Gasteiger partial charge on any atom is -0.487 e. The van der Waals surface area contributed by atoms with Crippen molar-refractivity contribution in [2.24, 2.45) is 0 Å². The summed E-state index contributed by atoms with van der Waals surface area (Å²) < 4.78 is 5.84. The predicted molar refractivity (Wildman–Crippen MR) is 122 cm³/mol. The van der Waals surface area contributed by atoms with Gasteiger partial charge < -0.3 is 10.1 Å². The first-order valence-corrected chi connectivity index (χ1v) is 9.98. The topological polar surface area (TPSA) is 64.1 Å². The monoisotopic (exact) mass is 405 g/mol. The van der Waals surface area contributed by atoms with Gasteiger partial charge in [-0.15, -0.1) is 0 Å². The number of aromatic nitrogens is 2. The quantitative estimate of drug-likeness (QED) is 0.412. The number of para-hydroxylation sites is 1. The van der Waals surface area contributed by atoms with Gasteiger partial charge >= 0.3 is 0 Å². The van der Waals surface area contributed by atoms with Gasteiger partial charge in [-0.1, -0.05) is 30.3 Å². The Morgan fingerprint density at radius 1 is 0.806 bits per heavy atom. The summed E-state index contributed by atoms with van der Waals surface area (Å²) in [6.07, 6.45) is 1.75. The molecule has 2 aromatic heterocycles. The Morgan fingerprint density at radius 3 is 2.55 bits per heavy atom. The number of hydrogen-bond donors (Lipinski definition) is 1. The van der Waals surface area contributed by atoms with Crippen molar-refractivity contribution in [1.29, 1.82) is 0 Å². The van der Waals surface area contributed by atoms with Crippen LogP contribution >= 0.6 is 0 Å². The van der Waals surface area contributed by atoms with E-state index in [-0.39, 0.29) is 5.91 Å². The van der Waals surface area contributed by atoms with Crippen molar-refractivity contribution in [2.45, 2.75) is 6.61 Å². The number of nitrogens with one attached hydrogen (secondary N) is 1. The normalized spacial score (nSPS) is 10.8. The summed E-state index contributed by atoms with van der Waals surface area (Å²) in [6.45, 7) is 0.363. The Labute approximate surface area is 179 Å². The molecule has 150 valence electrons. The van der Waals surface area contributed by atoms with Crippen LogP contribution in [0.1, 0.15) is 16.1 Å². The molecule has 0 atom stereocenters. The van der Waals surface area contributed by atoms with Crippen LogP contribution in [0.4, 0.5) is 5.69 Å². The molecule has 1 N–H and O–H groups in total. The minimum absolute atomic E-state index is 0.175. The van der Waals surface area contributed by atoms with Gasteiger partial charge in [-0.25, -0.2) is 4.98 Å². The molecule has 0 aliphatic heterocycles. The van der Waals surface area contributed by atoms with E-state index in [1.807, 2.05) is 66.7 Å². The standard InChI is InChI=1S/C26H19N3O2/c30-26(29-21-11-14-24-20(16-21)5-3-15-27-24)19-8-12-23(13-9-19)31-17-22-10-7-18-4-1-2-6-25(18)28-22/h1-16H,17H2,(H,29,30). The number of nitrogens with zero attached hydrogens (tertiary/aromatic N) is 2. The van der Waals surface area contributed by atoms with Crippen LogP contribution in [0, 0.1) is 0 Å². The molecular formula is C26H19N3O2. The molecule has 0 aliphatic rings. The van der Waals surface area contributed by atoms with E-state index >= 15 is 0 Å². The smallest absolute Gasteiger partial charge is 0.255 e. The zero-order valence-electron chi connectivity index (χ0n) is 16.7. The summed E-state index contributed by atoms with van der Waals surface area (Å²) in [6, 6.07) is 28.6. The Kier molecular flexibility index (Phi) is 4.99. The fourth-order valence-electron chi connectivity index (χ4n) is 3.41. The SMILES string of the molecule is O=C(Nc1ccc2ncccc2c1)c1ccc(OCc2ccc3ccccc3n2)cc1. The fourth-order valence-corrected chi connectivity index (χ4v) is 3.41. The zero-order valence-corrected chi connectivity index (χ0v) is 16.7. The third-order valence-electron chi connectivity index (χ3n) is 5.02. The fraction of sp³-hybridized carbons (Fsp3) is 0.0385. The number of hydrogen-bond acceptors (Lipinski definition) is 4. The maximum absolute atomic E-state index is 12.6. The molecule has 0 aliphatic carbocycles. The summed E-state index contributed by atoms with van der Waals surface area (Å²) in [7, 11) is 0. The van der Waals surface area contributed by atoms with Crippen molar-refractivity contribution in [3.05, 3.63) is 108 Å². The zero-order chi connectivity index (χ0) is 21.0. The number of amides is 1. The van der Waals surface area contributed by atoms with E-state index < -0.39 is 0 Å². The second-order valence-electron chi connectivity index (χ2n) is 7.17. The highest BCUT2D eigenvalue weighted by molar-refractivity contribution is 6.05. The summed E-state index contributed by atoms with van der Waals surface area (Å²) >= 11 is 0. The molecule has 2 heterocycles. The first-order chi connectivity index (χ1) is 15.2. The number of pyridine rings is 2. The van der Waals surface area contributed by atoms with Crippen molar-refractivity contribution in [2.75, 3.05) is 5.32 Å². The minimum atomic E-state index is -0.175. The molecule has 5 heteroatoms. The van der Waals surface area contributed by atoms with Crippen LogP contribution in [-0.4, -0.2) is 15.9 Å². The molecule has 0 spiro atoms. The van der Waals surface area contributed by atoms with Gasteiger partial charge in [-0.05, 0) is 60.7 Å². The van der Waals surface area contributed by atoms with Crippen LogP contribution in [0.3, 0.4) is 0 Å². The van der Waals surface area contributed by atoms with Crippen molar-refractivity contribution in [3.8, 4) is 5.75 Å². The molecule has 5 rings (SSSR count). The lowest BCUT2D eigenvalue weighted by Crippen LogP contribution is -2.11. The van der Waals surface area contributed by atoms with Crippen LogP contribution in [-0.2, 0) is 6.61 Å². The van der Waals surface area contributed by atoms with E-state index in [0.29, 0.717) is 17.9 Å². The van der Waals surface area contributed by atoms with Crippen LogP contribution < -0.4 is 10.1 Å². The van der Waals surface area contributed by atoms with Crippen molar-refractivity contribution < 1.29 is 9.53 Å². The van der Waals surface area contributed by atoms with Crippen LogP contribution in [0.25, 0.3) is 21.8 Å². The molecule has 0 unspecified atom stereocenters. The third-order valence-corrected chi connectivity index (χ3v) is 5.02. The van der Waals surface area contributed by atoms with Crippen molar-refractivity contribution >= 4 is 33.4 Å². The number of benzene rings is 3. The third kappa shape index (κ3) is 4.21. The highest BCUT2D eigenvalue weighted by Gasteiger charge is 2.08. The summed E-state index contributed by atoms with van der Waals surface area (Å²) in [5, 5.41) is 5.01. The predicted octanol–water partition coefficient (Wildman–Crippen LogP) is 5.61. The number of fused-ring (bicyclic) bond motifs is 2. The van der Waals surface area contributed by atoms with Gasteiger partial charge in [0.15, 0.2) is 0 Å². The molecule has 1 amide bonds. The van der Waals surface area contributed by atoms with Gasteiger partial charge in [-0.3, -0.25) is 9.78 Å². The van der Waals surface area contributed by atoms with E-state index in [2.05, 4.69) is 15.3 Å².